The Morgan fingerprint density at radius 1 is 1.47 bits per heavy atom. The van der Waals surface area contributed by atoms with Crippen molar-refractivity contribution >= 4 is 0 Å². The number of aliphatic hydroxyl groups is 1. The highest BCUT2D eigenvalue weighted by atomic mass is 16.5. The highest BCUT2D eigenvalue weighted by Gasteiger charge is 2.44. The van der Waals surface area contributed by atoms with Crippen LogP contribution in [0.25, 0.3) is 0 Å². The van der Waals surface area contributed by atoms with E-state index in [0.29, 0.717) is 19.8 Å². The van der Waals surface area contributed by atoms with E-state index in [1.54, 1.807) is 7.11 Å². The molecule has 3 N–H and O–H groups in total. The summed E-state index contributed by atoms with van der Waals surface area (Å²) < 4.78 is 10.8. The zero-order chi connectivity index (χ0) is 13.9. The van der Waals surface area contributed by atoms with Crippen molar-refractivity contribution in [3.8, 4) is 5.75 Å². The van der Waals surface area contributed by atoms with Crippen LogP contribution in [-0.4, -0.2) is 38.1 Å². The largest absolute Gasteiger partial charge is 0.493 e. The topological polar surface area (TPSA) is 64.7 Å². The van der Waals surface area contributed by atoms with E-state index in [-0.39, 0.29) is 5.92 Å². The van der Waals surface area contributed by atoms with Gasteiger partial charge in [0.2, 0.25) is 0 Å². The lowest BCUT2D eigenvalue weighted by Gasteiger charge is -2.43. The Kier molecular flexibility index (Phi) is 4.45. The first-order valence-corrected chi connectivity index (χ1v) is 6.75. The Labute approximate surface area is 114 Å². The molecule has 1 aromatic rings. The average molecular weight is 265 g/mol. The summed E-state index contributed by atoms with van der Waals surface area (Å²) in [6, 6.07) is 7.85. The van der Waals surface area contributed by atoms with E-state index in [9.17, 15) is 5.11 Å². The monoisotopic (exact) mass is 265 g/mol. The maximum absolute atomic E-state index is 10.8. The van der Waals surface area contributed by atoms with Crippen molar-refractivity contribution < 1.29 is 14.6 Å². The van der Waals surface area contributed by atoms with E-state index >= 15 is 0 Å². The highest BCUT2D eigenvalue weighted by Crippen LogP contribution is 2.42. The van der Waals surface area contributed by atoms with Crippen LogP contribution in [0.3, 0.4) is 0 Å². The van der Waals surface area contributed by atoms with Crippen molar-refractivity contribution in [3.63, 3.8) is 0 Å². The van der Waals surface area contributed by atoms with Gasteiger partial charge in [-0.05, 0) is 12.5 Å². The number of ether oxygens (including phenoxy) is 2. The molecule has 0 saturated carbocycles. The van der Waals surface area contributed by atoms with Gasteiger partial charge in [-0.25, -0.2) is 0 Å². The molecule has 1 aliphatic rings. The highest BCUT2D eigenvalue weighted by molar-refractivity contribution is 5.43. The Bertz CT molecular complexity index is 424. The summed E-state index contributed by atoms with van der Waals surface area (Å²) in [5, 5.41) is 10.8. The smallest absolute Gasteiger partial charge is 0.123 e. The van der Waals surface area contributed by atoms with Crippen LogP contribution in [0.5, 0.6) is 5.75 Å². The van der Waals surface area contributed by atoms with Gasteiger partial charge in [0.05, 0.1) is 19.3 Å². The number of benzene rings is 1. The number of para-hydroxylation sites is 1. The lowest BCUT2D eigenvalue weighted by Crippen LogP contribution is -2.52. The fourth-order valence-corrected chi connectivity index (χ4v) is 3.02. The molecule has 0 saturated heterocycles. The second kappa shape index (κ2) is 5.90. The summed E-state index contributed by atoms with van der Waals surface area (Å²) >= 11 is 0. The Morgan fingerprint density at radius 3 is 2.89 bits per heavy atom. The fraction of sp³-hybridized carbons (Fsp3) is 0.600. The SMILES string of the molecule is COCC(C)C(O)C1(CN)CCOc2ccccc21. The lowest BCUT2D eigenvalue weighted by molar-refractivity contribution is -0.0109. The second-order valence-corrected chi connectivity index (χ2v) is 5.33. The zero-order valence-corrected chi connectivity index (χ0v) is 11.6. The van der Waals surface area contributed by atoms with Crippen molar-refractivity contribution in [1.29, 1.82) is 0 Å². The molecule has 0 radical (unpaired) electrons. The van der Waals surface area contributed by atoms with Crippen molar-refractivity contribution in [2.75, 3.05) is 26.9 Å². The minimum atomic E-state index is -0.539. The van der Waals surface area contributed by atoms with Crippen molar-refractivity contribution in [2.24, 2.45) is 11.7 Å². The van der Waals surface area contributed by atoms with E-state index in [4.69, 9.17) is 15.2 Å². The summed E-state index contributed by atoms with van der Waals surface area (Å²) in [6.07, 6.45) is 0.193. The van der Waals surface area contributed by atoms with Crippen LogP contribution in [0.2, 0.25) is 0 Å². The predicted molar refractivity (Wildman–Crippen MR) is 74.3 cm³/mol. The first-order valence-electron chi connectivity index (χ1n) is 6.75. The molecule has 0 bridgehead atoms. The predicted octanol–water partition coefficient (Wildman–Crippen LogP) is 1.31. The third-order valence-corrected chi connectivity index (χ3v) is 4.13. The summed E-state index contributed by atoms with van der Waals surface area (Å²) in [5.74, 6) is 0.863. The summed E-state index contributed by atoms with van der Waals surface area (Å²) in [5.41, 5.74) is 6.61. The first-order chi connectivity index (χ1) is 9.15. The molecular weight excluding hydrogens is 242 g/mol. The second-order valence-electron chi connectivity index (χ2n) is 5.33. The van der Waals surface area contributed by atoms with Gasteiger partial charge in [-0.3, -0.25) is 0 Å². The third kappa shape index (κ3) is 2.48. The average Bonchev–Trinajstić information content (AvgIpc) is 2.46. The third-order valence-electron chi connectivity index (χ3n) is 4.13. The lowest BCUT2D eigenvalue weighted by atomic mass is 9.68. The number of hydrogen-bond donors (Lipinski definition) is 2. The Morgan fingerprint density at radius 2 is 2.21 bits per heavy atom. The molecule has 19 heavy (non-hydrogen) atoms. The number of nitrogens with two attached hydrogens (primary N) is 1. The maximum atomic E-state index is 10.8. The van der Waals surface area contributed by atoms with E-state index in [0.717, 1.165) is 17.7 Å². The molecule has 1 aromatic carbocycles. The van der Waals surface area contributed by atoms with Crippen LogP contribution in [0.1, 0.15) is 18.9 Å². The van der Waals surface area contributed by atoms with Crippen LogP contribution in [-0.2, 0) is 10.2 Å². The molecule has 3 unspecified atom stereocenters. The Balaban J connectivity index is 2.38. The molecule has 4 nitrogen and oxygen atoms in total. The van der Waals surface area contributed by atoms with Crippen LogP contribution in [0.15, 0.2) is 24.3 Å². The van der Waals surface area contributed by atoms with Gasteiger partial charge in [-0.15, -0.1) is 0 Å². The van der Waals surface area contributed by atoms with Gasteiger partial charge in [0.1, 0.15) is 5.75 Å². The maximum Gasteiger partial charge on any atom is 0.123 e. The standard InChI is InChI=1S/C15H23NO3/c1-11(9-18-2)14(17)15(10-16)7-8-19-13-6-4-3-5-12(13)15/h3-6,11,14,17H,7-10,16H2,1-2H3. The summed E-state index contributed by atoms with van der Waals surface area (Å²) in [4.78, 5) is 0. The fourth-order valence-electron chi connectivity index (χ4n) is 3.02. The molecule has 1 heterocycles. The molecule has 0 aliphatic carbocycles. The van der Waals surface area contributed by atoms with E-state index in [2.05, 4.69) is 0 Å². The Hall–Kier alpha value is -1.10. The van der Waals surface area contributed by atoms with Gasteiger partial charge >= 0.3 is 0 Å². The molecule has 0 aromatic heterocycles. The summed E-state index contributed by atoms with van der Waals surface area (Å²) in [7, 11) is 1.65. The minimum Gasteiger partial charge on any atom is -0.493 e. The molecule has 4 heteroatoms. The summed E-state index contributed by atoms with van der Waals surface area (Å²) in [6.45, 7) is 3.50. The van der Waals surface area contributed by atoms with Gasteiger partial charge in [0.15, 0.2) is 0 Å². The van der Waals surface area contributed by atoms with E-state index in [1.165, 1.54) is 0 Å². The molecule has 3 atom stereocenters. The van der Waals surface area contributed by atoms with E-state index < -0.39 is 11.5 Å². The number of hydrogen-bond acceptors (Lipinski definition) is 4. The molecule has 0 amide bonds. The normalized spacial score (nSPS) is 25.3. The molecule has 1 aliphatic heterocycles. The van der Waals surface area contributed by atoms with Crippen LogP contribution in [0, 0.1) is 5.92 Å². The quantitative estimate of drug-likeness (QED) is 0.842. The van der Waals surface area contributed by atoms with Crippen molar-refractivity contribution in [2.45, 2.75) is 24.9 Å². The van der Waals surface area contributed by atoms with Crippen LogP contribution < -0.4 is 10.5 Å². The van der Waals surface area contributed by atoms with Crippen molar-refractivity contribution in [3.05, 3.63) is 29.8 Å². The number of rotatable bonds is 5. The molecular formula is C15H23NO3. The number of aliphatic hydroxyl groups excluding tert-OH is 1. The van der Waals surface area contributed by atoms with Crippen LogP contribution in [0.4, 0.5) is 0 Å². The van der Waals surface area contributed by atoms with E-state index in [1.807, 2.05) is 31.2 Å². The van der Waals surface area contributed by atoms with Gasteiger partial charge in [-0.2, -0.15) is 0 Å². The van der Waals surface area contributed by atoms with Crippen LogP contribution >= 0.6 is 0 Å². The molecule has 106 valence electrons. The zero-order valence-electron chi connectivity index (χ0n) is 11.6. The first kappa shape index (κ1) is 14.3. The van der Waals surface area contributed by atoms with Gasteiger partial charge in [0.25, 0.3) is 0 Å². The van der Waals surface area contributed by atoms with Gasteiger partial charge in [0, 0.05) is 30.6 Å². The number of fused-ring (bicyclic) bond motifs is 1. The van der Waals surface area contributed by atoms with Gasteiger partial charge < -0.3 is 20.3 Å². The minimum absolute atomic E-state index is 0.0275. The molecule has 0 fully saturated rings. The number of methoxy groups -OCH3 is 1. The molecule has 2 rings (SSSR count). The van der Waals surface area contributed by atoms with Gasteiger partial charge in [-0.1, -0.05) is 25.1 Å². The molecule has 0 spiro atoms. The van der Waals surface area contributed by atoms with Crippen molar-refractivity contribution in [1.82, 2.24) is 0 Å².